The molecule has 0 bridgehead atoms. The van der Waals surface area contributed by atoms with Crippen LogP contribution < -0.4 is 4.90 Å². The number of fused-ring (bicyclic) bond motifs is 1. The molecular weight excluding hydrogens is 274 g/mol. The Morgan fingerprint density at radius 2 is 1.82 bits per heavy atom. The molecule has 1 fully saturated rings. The number of aryl methyl sites for hydroxylation is 1. The number of aromatic nitrogens is 4. The van der Waals surface area contributed by atoms with E-state index in [1.165, 1.54) is 12.8 Å². The molecule has 4 rings (SSSR count). The lowest BCUT2D eigenvalue weighted by Gasteiger charge is -2.16. The molecule has 0 saturated carbocycles. The van der Waals surface area contributed by atoms with E-state index in [9.17, 15) is 0 Å². The van der Waals surface area contributed by atoms with Crippen LogP contribution in [0.5, 0.6) is 0 Å². The molecule has 3 aromatic rings. The van der Waals surface area contributed by atoms with Gasteiger partial charge in [-0.05, 0) is 38.0 Å². The topological polar surface area (TPSA) is 54.8 Å². The van der Waals surface area contributed by atoms with Gasteiger partial charge in [-0.25, -0.2) is 15.0 Å². The largest absolute Gasteiger partial charge is 0.357 e. The summed E-state index contributed by atoms with van der Waals surface area (Å²) < 4.78 is 0. The van der Waals surface area contributed by atoms with Crippen LogP contribution >= 0.6 is 0 Å². The molecule has 22 heavy (non-hydrogen) atoms. The van der Waals surface area contributed by atoms with Crippen LogP contribution in [0.15, 0.2) is 36.8 Å². The van der Waals surface area contributed by atoms with E-state index in [-0.39, 0.29) is 0 Å². The van der Waals surface area contributed by atoms with Crippen LogP contribution in [0.3, 0.4) is 0 Å². The van der Waals surface area contributed by atoms with E-state index < -0.39 is 0 Å². The zero-order valence-corrected chi connectivity index (χ0v) is 12.5. The van der Waals surface area contributed by atoms with Gasteiger partial charge in [-0.15, -0.1) is 0 Å². The molecule has 0 N–H and O–H groups in total. The van der Waals surface area contributed by atoms with Crippen molar-refractivity contribution >= 4 is 17.0 Å². The molecule has 1 aliphatic rings. The first-order valence-corrected chi connectivity index (χ1v) is 7.61. The van der Waals surface area contributed by atoms with Crippen molar-refractivity contribution in [1.29, 1.82) is 0 Å². The highest BCUT2D eigenvalue weighted by Gasteiger charge is 2.14. The van der Waals surface area contributed by atoms with Gasteiger partial charge in [-0.3, -0.25) is 4.98 Å². The lowest BCUT2D eigenvalue weighted by molar-refractivity contribution is 0.938. The Bertz CT molecular complexity index is 807. The Hall–Kier alpha value is -2.56. The molecule has 0 spiro atoms. The summed E-state index contributed by atoms with van der Waals surface area (Å²) in [6.45, 7) is 4.22. The van der Waals surface area contributed by atoms with Crippen molar-refractivity contribution in [2.24, 2.45) is 0 Å². The number of rotatable bonds is 2. The summed E-state index contributed by atoms with van der Waals surface area (Å²) in [5, 5.41) is 0. The second kappa shape index (κ2) is 5.33. The standard InChI is InChI=1S/C17H17N5/c1-12-14(10-15-17(21-12)19-7-6-18-15)13-4-5-16(20-11-13)22-8-2-3-9-22/h4-7,10-11H,2-3,8-9H2,1H3. The molecule has 5 nitrogen and oxygen atoms in total. The van der Waals surface area contributed by atoms with Gasteiger partial charge >= 0.3 is 0 Å². The van der Waals surface area contributed by atoms with Gasteiger partial charge in [0, 0.05) is 48.5 Å². The van der Waals surface area contributed by atoms with Crippen molar-refractivity contribution in [3.05, 3.63) is 42.5 Å². The van der Waals surface area contributed by atoms with E-state index in [2.05, 4.69) is 37.0 Å². The van der Waals surface area contributed by atoms with Crippen LogP contribution in [0.1, 0.15) is 18.5 Å². The van der Waals surface area contributed by atoms with Gasteiger partial charge in [0.15, 0.2) is 5.65 Å². The predicted molar refractivity (Wildman–Crippen MR) is 86.7 cm³/mol. The number of pyridine rings is 2. The zero-order chi connectivity index (χ0) is 14.9. The molecule has 1 aliphatic heterocycles. The zero-order valence-electron chi connectivity index (χ0n) is 12.5. The first-order chi connectivity index (χ1) is 10.8. The minimum atomic E-state index is 0.686. The van der Waals surface area contributed by atoms with Crippen molar-refractivity contribution in [1.82, 2.24) is 19.9 Å². The summed E-state index contributed by atoms with van der Waals surface area (Å²) in [4.78, 5) is 20.1. The second-order valence-electron chi connectivity index (χ2n) is 5.62. The fourth-order valence-electron chi connectivity index (χ4n) is 2.96. The van der Waals surface area contributed by atoms with Crippen molar-refractivity contribution in [2.45, 2.75) is 19.8 Å². The van der Waals surface area contributed by atoms with Crippen LogP contribution in [-0.2, 0) is 0 Å². The van der Waals surface area contributed by atoms with E-state index >= 15 is 0 Å². The average Bonchev–Trinajstić information content (AvgIpc) is 3.09. The van der Waals surface area contributed by atoms with E-state index in [0.29, 0.717) is 5.65 Å². The summed E-state index contributed by atoms with van der Waals surface area (Å²) >= 11 is 0. The molecule has 0 atom stereocenters. The monoisotopic (exact) mass is 291 g/mol. The number of anilines is 1. The Balaban J connectivity index is 1.73. The first-order valence-electron chi connectivity index (χ1n) is 7.61. The maximum atomic E-state index is 4.62. The third-order valence-electron chi connectivity index (χ3n) is 4.14. The van der Waals surface area contributed by atoms with E-state index in [1.807, 2.05) is 19.2 Å². The molecule has 5 heteroatoms. The van der Waals surface area contributed by atoms with Crippen molar-refractivity contribution in [3.8, 4) is 11.1 Å². The predicted octanol–water partition coefficient (Wildman–Crippen LogP) is 3.00. The fourth-order valence-corrected chi connectivity index (χ4v) is 2.96. The lowest BCUT2D eigenvalue weighted by Crippen LogP contribution is -2.18. The quantitative estimate of drug-likeness (QED) is 0.726. The second-order valence-corrected chi connectivity index (χ2v) is 5.62. The molecule has 0 radical (unpaired) electrons. The van der Waals surface area contributed by atoms with Gasteiger partial charge in [0.2, 0.25) is 0 Å². The smallest absolute Gasteiger partial charge is 0.178 e. The van der Waals surface area contributed by atoms with Crippen molar-refractivity contribution in [3.63, 3.8) is 0 Å². The van der Waals surface area contributed by atoms with E-state index in [4.69, 9.17) is 0 Å². The van der Waals surface area contributed by atoms with Gasteiger partial charge in [0.05, 0.1) is 0 Å². The van der Waals surface area contributed by atoms with Crippen molar-refractivity contribution in [2.75, 3.05) is 18.0 Å². The highest BCUT2D eigenvalue weighted by Crippen LogP contribution is 2.26. The molecule has 3 aromatic heterocycles. The molecule has 1 saturated heterocycles. The molecule has 4 heterocycles. The Morgan fingerprint density at radius 1 is 1.00 bits per heavy atom. The van der Waals surface area contributed by atoms with Crippen molar-refractivity contribution < 1.29 is 0 Å². The van der Waals surface area contributed by atoms with Gasteiger partial charge in [-0.1, -0.05) is 0 Å². The summed E-state index contributed by atoms with van der Waals surface area (Å²) in [5.74, 6) is 1.06. The van der Waals surface area contributed by atoms with Gasteiger partial charge in [0.1, 0.15) is 11.3 Å². The van der Waals surface area contributed by atoms with E-state index in [1.54, 1.807) is 12.4 Å². The molecule has 0 aliphatic carbocycles. The highest BCUT2D eigenvalue weighted by atomic mass is 15.2. The maximum absolute atomic E-state index is 4.62. The fraction of sp³-hybridized carbons (Fsp3) is 0.294. The summed E-state index contributed by atoms with van der Waals surface area (Å²) in [5.41, 5.74) is 4.58. The van der Waals surface area contributed by atoms with Crippen LogP contribution in [0.4, 0.5) is 5.82 Å². The normalized spacial score (nSPS) is 14.7. The molecule has 0 aromatic carbocycles. The number of nitrogens with zero attached hydrogens (tertiary/aromatic N) is 5. The van der Waals surface area contributed by atoms with Crippen LogP contribution in [-0.4, -0.2) is 33.0 Å². The number of hydrogen-bond donors (Lipinski definition) is 0. The summed E-state index contributed by atoms with van der Waals surface area (Å²) in [6.07, 6.45) is 7.81. The third kappa shape index (κ3) is 2.28. The Morgan fingerprint density at radius 3 is 2.59 bits per heavy atom. The maximum Gasteiger partial charge on any atom is 0.178 e. The molecule has 0 unspecified atom stereocenters. The van der Waals surface area contributed by atoms with Gasteiger partial charge in [0.25, 0.3) is 0 Å². The SMILES string of the molecule is Cc1nc2nccnc2cc1-c1ccc(N2CCCC2)nc1. The van der Waals surface area contributed by atoms with Gasteiger partial charge < -0.3 is 4.90 Å². The highest BCUT2D eigenvalue weighted by molar-refractivity contribution is 5.79. The molecule has 0 amide bonds. The molecule has 110 valence electrons. The summed E-state index contributed by atoms with van der Waals surface area (Å²) in [6, 6.07) is 6.25. The Kier molecular flexibility index (Phi) is 3.18. The first kappa shape index (κ1) is 13.1. The minimum absolute atomic E-state index is 0.686. The van der Waals surface area contributed by atoms with E-state index in [0.717, 1.165) is 41.2 Å². The van der Waals surface area contributed by atoms with Crippen LogP contribution in [0, 0.1) is 6.92 Å². The number of hydrogen-bond acceptors (Lipinski definition) is 5. The van der Waals surface area contributed by atoms with Crippen LogP contribution in [0.2, 0.25) is 0 Å². The molecular formula is C17H17N5. The third-order valence-corrected chi connectivity index (χ3v) is 4.14. The van der Waals surface area contributed by atoms with Gasteiger partial charge in [-0.2, -0.15) is 0 Å². The average molecular weight is 291 g/mol. The lowest BCUT2D eigenvalue weighted by atomic mass is 10.1. The minimum Gasteiger partial charge on any atom is -0.357 e. The summed E-state index contributed by atoms with van der Waals surface area (Å²) in [7, 11) is 0. The Labute approximate surface area is 129 Å². The van der Waals surface area contributed by atoms with Crippen LogP contribution in [0.25, 0.3) is 22.3 Å².